The van der Waals surface area contributed by atoms with Gasteiger partial charge >= 0.3 is 0 Å². The quantitative estimate of drug-likeness (QED) is 0.653. The number of benzene rings is 2. The van der Waals surface area contributed by atoms with Crippen LogP contribution in [0.1, 0.15) is 29.5 Å². The van der Waals surface area contributed by atoms with Gasteiger partial charge in [-0.2, -0.15) is 0 Å². The molecule has 0 bridgehead atoms. The average molecular weight is 386 g/mol. The third-order valence-electron chi connectivity index (χ3n) is 4.16. The number of amides is 1. The number of hydrogen-bond donors (Lipinski definition) is 2. The number of imidazole rings is 1. The van der Waals surface area contributed by atoms with Gasteiger partial charge in [0.2, 0.25) is 10.0 Å². The predicted octanol–water partition coefficient (Wildman–Crippen LogP) is 2.66. The molecule has 0 radical (unpaired) electrons. The molecule has 0 fully saturated rings. The number of carbonyl (C=O) groups excluding carboxylic acids is 1. The van der Waals surface area contributed by atoms with Crippen molar-refractivity contribution >= 4 is 32.7 Å². The Kier molecular flexibility index (Phi) is 5.46. The number of nitrogens with zero attached hydrogens (tertiary/aromatic N) is 2. The summed E-state index contributed by atoms with van der Waals surface area (Å²) in [5.41, 5.74) is 2.62. The van der Waals surface area contributed by atoms with Gasteiger partial charge in [0, 0.05) is 18.3 Å². The molecule has 27 heavy (non-hydrogen) atoms. The highest BCUT2D eigenvalue weighted by Crippen LogP contribution is 2.15. The van der Waals surface area contributed by atoms with Crippen molar-refractivity contribution in [2.75, 3.05) is 10.5 Å². The molecule has 3 aromatic rings. The molecule has 3 rings (SSSR count). The van der Waals surface area contributed by atoms with E-state index in [9.17, 15) is 13.2 Å². The second-order valence-corrected chi connectivity index (χ2v) is 8.10. The van der Waals surface area contributed by atoms with E-state index in [0.29, 0.717) is 17.7 Å². The molecule has 8 heteroatoms. The standard InChI is InChI=1S/C19H22N4O3S/c1-3-11-27(25,26)22-15-8-6-7-14(12-15)19(24)20-13-18-21-16-9-4-5-10-17(16)23(18)2/h4-10,12,22H,3,11,13H2,1-2H3,(H,20,24). The molecule has 0 saturated heterocycles. The highest BCUT2D eigenvalue weighted by molar-refractivity contribution is 7.92. The largest absolute Gasteiger partial charge is 0.345 e. The van der Waals surface area contributed by atoms with Gasteiger partial charge in [0.15, 0.2) is 0 Å². The normalized spacial score (nSPS) is 11.5. The fourth-order valence-corrected chi connectivity index (χ4v) is 3.96. The maximum Gasteiger partial charge on any atom is 0.251 e. The second kappa shape index (κ2) is 7.79. The van der Waals surface area contributed by atoms with Crippen LogP contribution >= 0.6 is 0 Å². The van der Waals surface area contributed by atoms with Crippen LogP contribution in [0.15, 0.2) is 48.5 Å². The van der Waals surface area contributed by atoms with Gasteiger partial charge in [0.05, 0.1) is 23.3 Å². The molecule has 0 unspecified atom stereocenters. The van der Waals surface area contributed by atoms with Gasteiger partial charge in [-0.15, -0.1) is 0 Å². The highest BCUT2D eigenvalue weighted by Gasteiger charge is 2.13. The molecule has 2 N–H and O–H groups in total. The molecular weight excluding hydrogens is 364 g/mol. The number of fused-ring (bicyclic) bond motifs is 1. The molecule has 0 saturated carbocycles. The molecule has 0 atom stereocenters. The van der Waals surface area contributed by atoms with Crippen molar-refractivity contribution in [2.45, 2.75) is 19.9 Å². The molecule has 1 heterocycles. The lowest BCUT2D eigenvalue weighted by atomic mass is 10.2. The Bertz CT molecular complexity index is 1070. The fourth-order valence-electron chi connectivity index (χ4n) is 2.84. The van der Waals surface area contributed by atoms with E-state index in [1.54, 1.807) is 25.1 Å². The number of hydrogen-bond acceptors (Lipinski definition) is 4. The van der Waals surface area contributed by atoms with Gasteiger partial charge in [0.25, 0.3) is 5.91 Å². The van der Waals surface area contributed by atoms with Crippen molar-refractivity contribution < 1.29 is 13.2 Å². The maximum atomic E-state index is 12.5. The van der Waals surface area contributed by atoms with Crippen LogP contribution in [-0.2, 0) is 23.6 Å². The average Bonchev–Trinajstić information content (AvgIpc) is 2.95. The van der Waals surface area contributed by atoms with E-state index in [1.807, 2.05) is 35.9 Å². The zero-order chi connectivity index (χ0) is 19.4. The molecular formula is C19H22N4O3S. The molecule has 0 spiro atoms. The van der Waals surface area contributed by atoms with E-state index in [1.165, 1.54) is 6.07 Å². The molecule has 1 aromatic heterocycles. The van der Waals surface area contributed by atoms with E-state index < -0.39 is 10.0 Å². The number of nitrogens with one attached hydrogen (secondary N) is 2. The Morgan fingerprint density at radius 2 is 1.93 bits per heavy atom. The number of sulfonamides is 1. The summed E-state index contributed by atoms with van der Waals surface area (Å²) in [6.45, 7) is 2.07. The number of para-hydroxylation sites is 2. The molecule has 0 aliphatic heterocycles. The summed E-state index contributed by atoms with van der Waals surface area (Å²) in [5, 5.41) is 2.83. The first kappa shape index (κ1) is 18.9. The van der Waals surface area contributed by atoms with Gasteiger partial charge in [-0.1, -0.05) is 25.1 Å². The number of anilines is 1. The van der Waals surface area contributed by atoms with E-state index >= 15 is 0 Å². The van der Waals surface area contributed by atoms with Crippen LogP contribution in [0.3, 0.4) is 0 Å². The molecule has 1 amide bonds. The van der Waals surface area contributed by atoms with Crippen LogP contribution in [0.25, 0.3) is 11.0 Å². The molecule has 7 nitrogen and oxygen atoms in total. The predicted molar refractivity (Wildman–Crippen MR) is 106 cm³/mol. The summed E-state index contributed by atoms with van der Waals surface area (Å²) < 4.78 is 28.2. The summed E-state index contributed by atoms with van der Waals surface area (Å²) in [7, 11) is -1.50. The Labute approximate surface area is 158 Å². The minimum absolute atomic E-state index is 0.0378. The van der Waals surface area contributed by atoms with Gasteiger partial charge in [-0.3, -0.25) is 9.52 Å². The second-order valence-electron chi connectivity index (χ2n) is 6.26. The maximum absolute atomic E-state index is 12.5. The summed E-state index contributed by atoms with van der Waals surface area (Å²) in [6, 6.07) is 14.2. The number of rotatable bonds is 7. The lowest BCUT2D eigenvalue weighted by Crippen LogP contribution is -2.24. The van der Waals surface area contributed by atoms with E-state index in [-0.39, 0.29) is 18.2 Å². The molecule has 142 valence electrons. The van der Waals surface area contributed by atoms with Crippen molar-refractivity contribution in [1.29, 1.82) is 0 Å². The Morgan fingerprint density at radius 3 is 2.67 bits per heavy atom. The summed E-state index contributed by atoms with van der Waals surface area (Å²) in [4.78, 5) is 17.0. The smallest absolute Gasteiger partial charge is 0.251 e. The monoisotopic (exact) mass is 386 g/mol. The van der Waals surface area contributed by atoms with E-state index in [2.05, 4.69) is 15.0 Å². The molecule has 2 aromatic carbocycles. The minimum atomic E-state index is -3.40. The van der Waals surface area contributed by atoms with Gasteiger partial charge in [0.1, 0.15) is 5.82 Å². The van der Waals surface area contributed by atoms with Crippen LogP contribution in [0.4, 0.5) is 5.69 Å². The Balaban J connectivity index is 1.71. The molecule has 0 aliphatic carbocycles. The van der Waals surface area contributed by atoms with Crippen LogP contribution in [-0.4, -0.2) is 29.6 Å². The van der Waals surface area contributed by atoms with Crippen molar-refractivity contribution in [3.8, 4) is 0 Å². The van der Waals surface area contributed by atoms with Gasteiger partial charge in [-0.25, -0.2) is 13.4 Å². The van der Waals surface area contributed by atoms with Crippen molar-refractivity contribution in [3.05, 3.63) is 59.9 Å². The number of aromatic nitrogens is 2. The van der Waals surface area contributed by atoms with Gasteiger partial charge in [-0.05, 0) is 36.8 Å². The first-order valence-corrected chi connectivity index (χ1v) is 10.3. The summed E-state index contributed by atoms with van der Waals surface area (Å²) in [6.07, 6.45) is 0.521. The first-order chi connectivity index (χ1) is 12.9. The van der Waals surface area contributed by atoms with Crippen LogP contribution in [0, 0.1) is 0 Å². The Hall–Kier alpha value is -2.87. The van der Waals surface area contributed by atoms with E-state index in [0.717, 1.165) is 16.9 Å². The number of carbonyl (C=O) groups is 1. The summed E-state index contributed by atoms with van der Waals surface area (Å²) >= 11 is 0. The zero-order valence-corrected chi connectivity index (χ0v) is 16.1. The minimum Gasteiger partial charge on any atom is -0.345 e. The summed E-state index contributed by atoms with van der Waals surface area (Å²) in [5.74, 6) is 0.485. The fraction of sp³-hybridized carbons (Fsp3) is 0.263. The van der Waals surface area contributed by atoms with Crippen molar-refractivity contribution in [1.82, 2.24) is 14.9 Å². The van der Waals surface area contributed by atoms with Crippen LogP contribution in [0.2, 0.25) is 0 Å². The van der Waals surface area contributed by atoms with Crippen LogP contribution in [0.5, 0.6) is 0 Å². The topological polar surface area (TPSA) is 93.1 Å². The molecule has 0 aliphatic rings. The SMILES string of the molecule is CCCS(=O)(=O)Nc1cccc(C(=O)NCc2nc3ccccc3n2C)c1. The third-order valence-corrected chi connectivity index (χ3v) is 5.65. The lowest BCUT2D eigenvalue weighted by Gasteiger charge is -2.09. The van der Waals surface area contributed by atoms with E-state index in [4.69, 9.17) is 0 Å². The number of aryl methyl sites for hydroxylation is 1. The zero-order valence-electron chi connectivity index (χ0n) is 15.3. The van der Waals surface area contributed by atoms with Crippen molar-refractivity contribution in [3.63, 3.8) is 0 Å². The third kappa shape index (κ3) is 4.46. The first-order valence-electron chi connectivity index (χ1n) is 8.68. The van der Waals surface area contributed by atoms with Gasteiger partial charge < -0.3 is 9.88 Å². The highest BCUT2D eigenvalue weighted by atomic mass is 32.2. The van der Waals surface area contributed by atoms with Crippen molar-refractivity contribution in [2.24, 2.45) is 7.05 Å². The lowest BCUT2D eigenvalue weighted by molar-refractivity contribution is 0.0949. The Morgan fingerprint density at radius 1 is 1.15 bits per heavy atom. The van der Waals surface area contributed by atoms with Crippen LogP contribution < -0.4 is 10.0 Å².